The van der Waals surface area contributed by atoms with Crippen molar-refractivity contribution in [3.8, 4) is 0 Å². The molecular formula is C17H16N2O. The molecule has 0 radical (unpaired) electrons. The van der Waals surface area contributed by atoms with Crippen molar-refractivity contribution in [1.29, 1.82) is 0 Å². The quantitative estimate of drug-likeness (QED) is 0.757. The Morgan fingerprint density at radius 2 is 1.70 bits per heavy atom. The first-order valence-corrected chi connectivity index (χ1v) is 6.67. The van der Waals surface area contributed by atoms with Crippen LogP contribution < -0.4 is 10.9 Å². The number of hydrogen-bond donors (Lipinski definition) is 2. The third kappa shape index (κ3) is 2.43. The minimum absolute atomic E-state index is 0.0640. The standard InChI is InChI=1S/C17H16N2O/c1-12(13-7-3-2-4-8-13)18-16-11-14-9-5-6-10-15(14)17(20)19-16/h2-12H,1H3,(H2,18,19,20). The molecule has 0 fully saturated rings. The van der Waals surface area contributed by atoms with Crippen LogP contribution in [-0.4, -0.2) is 4.98 Å². The molecule has 3 rings (SSSR count). The van der Waals surface area contributed by atoms with E-state index in [1.807, 2.05) is 48.5 Å². The van der Waals surface area contributed by atoms with Gasteiger partial charge in [-0.1, -0.05) is 48.5 Å². The number of anilines is 1. The van der Waals surface area contributed by atoms with E-state index in [1.165, 1.54) is 5.56 Å². The van der Waals surface area contributed by atoms with E-state index < -0.39 is 0 Å². The number of H-pyrrole nitrogens is 1. The van der Waals surface area contributed by atoms with Crippen molar-refractivity contribution >= 4 is 16.6 Å². The summed E-state index contributed by atoms with van der Waals surface area (Å²) in [7, 11) is 0. The number of nitrogens with one attached hydrogen (secondary N) is 2. The topological polar surface area (TPSA) is 44.9 Å². The average Bonchev–Trinajstić information content (AvgIpc) is 2.48. The van der Waals surface area contributed by atoms with Gasteiger partial charge >= 0.3 is 0 Å². The first-order valence-electron chi connectivity index (χ1n) is 6.67. The van der Waals surface area contributed by atoms with Crippen LogP contribution in [0.2, 0.25) is 0 Å². The van der Waals surface area contributed by atoms with Crippen LogP contribution in [0.4, 0.5) is 5.82 Å². The fraction of sp³-hybridized carbons (Fsp3) is 0.118. The van der Waals surface area contributed by atoms with E-state index in [9.17, 15) is 4.79 Å². The van der Waals surface area contributed by atoms with Crippen LogP contribution in [0.25, 0.3) is 10.8 Å². The number of aromatic nitrogens is 1. The van der Waals surface area contributed by atoms with Gasteiger partial charge in [-0.3, -0.25) is 4.79 Å². The molecule has 2 aromatic carbocycles. The summed E-state index contributed by atoms with van der Waals surface area (Å²) in [5.74, 6) is 0.741. The fourth-order valence-electron chi connectivity index (χ4n) is 2.35. The molecule has 3 aromatic rings. The largest absolute Gasteiger partial charge is 0.365 e. The van der Waals surface area contributed by atoms with Gasteiger partial charge < -0.3 is 10.3 Å². The molecule has 0 saturated heterocycles. The van der Waals surface area contributed by atoms with Crippen LogP contribution in [0.3, 0.4) is 0 Å². The minimum Gasteiger partial charge on any atom is -0.365 e. The van der Waals surface area contributed by atoms with Crippen LogP contribution in [-0.2, 0) is 0 Å². The highest BCUT2D eigenvalue weighted by Crippen LogP contribution is 2.19. The summed E-state index contributed by atoms with van der Waals surface area (Å²) in [4.78, 5) is 14.9. The number of benzene rings is 2. The van der Waals surface area contributed by atoms with E-state index in [-0.39, 0.29) is 11.6 Å². The SMILES string of the molecule is CC(Nc1cc2ccccc2c(=O)[nH]1)c1ccccc1. The highest BCUT2D eigenvalue weighted by atomic mass is 16.1. The second-order valence-electron chi connectivity index (χ2n) is 4.88. The summed E-state index contributed by atoms with van der Waals surface area (Å²) in [6.45, 7) is 2.07. The number of pyridine rings is 1. The molecule has 0 amide bonds. The van der Waals surface area contributed by atoms with Gasteiger partial charge in [-0.25, -0.2) is 0 Å². The van der Waals surface area contributed by atoms with Gasteiger partial charge in [0.2, 0.25) is 0 Å². The third-order valence-corrected chi connectivity index (χ3v) is 3.43. The van der Waals surface area contributed by atoms with Crippen LogP contribution in [0, 0.1) is 0 Å². The van der Waals surface area contributed by atoms with Crippen molar-refractivity contribution in [2.75, 3.05) is 5.32 Å². The van der Waals surface area contributed by atoms with Crippen molar-refractivity contribution in [2.24, 2.45) is 0 Å². The summed E-state index contributed by atoms with van der Waals surface area (Å²) < 4.78 is 0. The van der Waals surface area contributed by atoms with Crippen molar-refractivity contribution in [3.05, 3.63) is 76.6 Å². The zero-order chi connectivity index (χ0) is 13.9. The van der Waals surface area contributed by atoms with E-state index >= 15 is 0 Å². The Morgan fingerprint density at radius 1 is 1.00 bits per heavy atom. The second kappa shape index (κ2) is 5.21. The average molecular weight is 264 g/mol. The van der Waals surface area contributed by atoms with Gasteiger partial charge in [-0.15, -0.1) is 0 Å². The summed E-state index contributed by atoms with van der Waals surface area (Å²) >= 11 is 0. The molecule has 2 N–H and O–H groups in total. The van der Waals surface area contributed by atoms with Crippen LogP contribution in [0.15, 0.2) is 65.5 Å². The van der Waals surface area contributed by atoms with Gasteiger partial charge in [0.15, 0.2) is 0 Å². The van der Waals surface area contributed by atoms with E-state index in [1.54, 1.807) is 0 Å². The lowest BCUT2D eigenvalue weighted by Crippen LogP contribution is -2.13. The monoisotopic (exact) mass is 264 g/mol. The molecule has 0 aliphatic carbocycles. The van der Waals surface area contributed by atoms with Crippen LogP contribution >= 0.6 is 0 Å². The number of rotatable bonds is 3. The van der Waals surface area contributed by atoms with Crippen molar-refractivity contribution in [3.63, 3.8) is 0 Å². The Kier molecular flexibility index (Phi) is 3.25. The first kappa shape index (κ1) is 12.5. The minimum atomic E-state index is -0.0640. The fourth-order valence-corrected chi connectivity index (χ4v) is 2.35. The van der Waals surface area contributed by atoms with Gasteiger partial charge in [0.25, 0.3) is 5.56 Å². The molecule has 1 aromatic heterocycles. The lowest BCUT2D eigenvalue weighted by atomic mass is 10.1. The highest BCUT2D eigenvalue weighted by molar-refractivity contribution is 5.83. The molecule has 1 unspecified atom stereocenters. The predicted octanol–water partition coefficient (Wildman–Crippen LogP) is 3.70. The Morgan fingerprint density at radius 3 is 2.50 bits per heavy atom. The molecule has 100 valence electrons. The van der Waals surface area contributed by atoms with Crippen LogP contribution in [0.5, 0.6) is 0 Å². The van der Waals surface area contributed by atoms with E-state index in [0.717, 1.165) is 11.2 Å². The zero-order valence-electron chi connectivity index (χ0n) is 11.3. The van der Waals surface area contributed by atoms with Gasteiger partial charge in [-0.2, -0.15) is 0 Å². The molecule has 3 heteroatoms. The van der Waals surface area contributed by atoms with Gasteiger partial charge in [0.1, 0.15) is 5.82 Å². The molecule has 0 bridgehead atoms. The Labute approximate surface area is 117 Å². The first-order chi connectivity index (χ1) is 9.74. The molecule has 1 atom stereocenters. The zero-order valence-corrected chi connectivity index (χ0v) is 11.3. The normalized spacial score (nSPS) is 12.2. The highest BCUT2D eigenvalue weighted by Gasteiger charge is 2.06. The van der Waals surface area contributed by atoms with Crippen molar-refractivity contribution in [2.45, 2.75) is 13.0 Å². The maximum atomic E-state index is 12.0. The second-order valence-corrected chi connectivity index (χ2v) is 4.88. The Balaban J connectivity index is 1.93. The molecule has 20 heavy (non-hydrogen) atoms. The van der Waals surface area contributed by atoms with Crippen LogP contribution in [0.1, 0.15) is 18.5 Å². The number of fused-ring (bicyclic) bond motifs is 1. The summed E-state index contributed by atoms with van der Waals surface area (Å²) in [6.07, 6.45) is 0. The molecule has 1 heterocycles. The Hall–Kier alpha value is -2.55. The maximum absolute atomic E-state index is 12.0. The van der Waals surface area contributed by atoms with Gasteiger partial charge in [-0.05, 0) is 30.0 Å². The van der Waals surface area contributed by atoms with E-state index in [0.29, 0.717) is 5.39 Å². The van der Waals surface area contributed by atoms with Gasteiger partial charge in [0.05, 0.1) is 0 Å². The van der Waals surface area contributed by atoms with E-state index in [4.69, 9.17) is 0 Å². The predicted molar refractivity (Wildman–Crippen MR) is 83.0 cm³/mol. The lowest BCUT2D eigenvalue weighted by Gasteiger charge is -2.15. The molecule has 0 aliphatic heterocycles. The molecule has 0 saturated carbocycles. The Bertz CT molecular complexity index is 778. The molecule has 3 nitrogen and oxygen atoms in total. The lowest BCUT2D eigenvalue weighted by molar-refractivity contribution is 0.874. The maximum Gasteiger partial charge on any atom is 0.257 e. The third-order valence-electron chi connectivity index (χ3n) is 3.43. The molecule has 0 aliphatic rings. The van der Waals surface area contributed by atoms with Crippen molar-refractivity contribution in [1.82, 2.24) is 4.98 Å². The number of aromatic amines is 1. The molecular weight excluding hydrogens is 248 g/mol. The molecule has 0 spiro atoms. The van der Waals surface area contributed by atoms with Gasteiger partial charge in [0, 0.05) is 11.4 Å². The number of hydrogen-bond acceptors (Lipinski definition) is 2. The summed E-state index contributed by atoms with van der Waals surface area (Å²) in [5.41, 5.74) is 1.12. The van der Waals surface area contributed by atoms with Crippen molar-refractivity contribution < 1.29 is 0 Å². The van der Waals surface area contributed by atoms with E-state index in [2.05, 4.69) is 29.4 Å². The summed E-state index contributed by atoms with van der Waals surface area (Å²) in [6, 6.07) is 19.8. The summed E-state index contributed by atoms with van der Waals surface area (Å²) in [5, 5.41) is 4.99. The smallest absolute Gasteiger partial charge is 0.257 e.